The molecule has 7 heteroatoms. The summed E-state index contributed by atoms with van der Waals surface area (Å²) in [4.78, 5) is 25.7. The third-order valence-electron chi connectivity index (χ3n) is 3.61. The van der Waals surface area contributed by atoms with Crippen molar-refractivity contribution in [1.29, 1.82) is 0 Å². The minimum atomic E-state index is -0.155. The quantitative estimate of drug-likeness (QED) is 0.910. The number of fused-ring (bicyclic) bond motifs is 1. The smallest absolute Gasteiger partial charge is 0.265 e. The van der Waals surface area contributed by atoms with E-state index in [0.29, 0.717) is 23.7 Å². The topological polar surface area (TPSA) is 76.5 Å². The zero-order valence-corrected chi connectivity index (χ0v) is 12.9. The lowest BCUT2D eigenvalue weighted by Gasteiger charge is -2.29. The maximum absolute atomic E-state index is 12.1. The Hall–Kier alpha value is -2.83. The summed E-state index contributed by atoms with van der Waals surface area (Å²) in [6.45, 7) is 3.03. The number of nitrogens with one attached hydrogen (secondary N) is 1. The molecule has 0 saturated heterocycles. The molecule has 1 aromatic heterocycles. The van der Waals surface area contributed by atoms with Crippen molar-refractivity contribution in [2.75, 3.05) is 23.4 Å². The highest BCUT2D eigenvalue weighted by Crippen LogP contribution is 2.31. The number of aryl methyl sites for hydroxylation is 1. The standard InChI is InChI=1S/C16H18N4O3/c1-2-19-10-12(9-17-19)18-15(21)7-8-20-13-5-3-4-6-14(13)23-11-16(20)22/h3-6,9-10H,2,7-8,11H2,1H3,(H,18,21). The molecule has 1 aliphatic heterocycles. The highest BCUT2D eigenvalue weighted by molar-refractivity contribution is 5.99. The second kappa shape index (κ2) is 6.51. The molecule has 2 heterocycles. The number of aromatic nitrogens is 2. The molecule has 120 valence electrons. The van der Waals surface area contributed by atoms with Crippen LogP contribution < -0.4 is 15.0 Å². The first-order chi connectivity index (χ1) is 11.2. The fourth-order valence-electron chi connectivity index (χ4n) is 2.44. The number of nitrogens with zero attached hydrogens (tertiary/aromatic N) is 3. The molecule has 2 aromatic rings. The summed E-state index contributed by atoms with van der Waals surface area (Å²) < 4.78 is 7.11. The van der Waals surface area contributed by atoms with Crippen LogP contribution in [0.2, 0.25) is 0 Å². The first-order valence-corrected chi connectivity index (χ1v) is 7.52. The predicted molar refractivity (Wildman–Crippen MR) is 85.4 cm³/mol. The van der Waals surface area contributed by atoms with Gasteiger partial charge >= 0.3 is 0 Å². The SMILES string of the molecule is CCn1cc(NC(=O)CCN2C(=O)COc3ccccc32)cn1. The molecule has 0 bridgehead atoms. The van der Waals surface area contributed by atoms with E-state index in [4.69, 9.17) is 4.74 Å². The van der Waals surface area contributed by atoms with Gasteiger partial charge in [0.1, 0.15) is 5.75 Å². The number of anilines is 2. The van der Waals surface area contributed by atoms with Crippen LogP contribution in [0.25, 0.3) is 0 Å². The minimum absolute atomic E-state index is 0.00189. The fourth-order valence-corrected chi connectivity index (χ4v) is 2.44. The van der Waals surface area contributed by atoms with Crippen molar-refractivity contribution in [3.63, 3.8) is 0 Å². The highest BCUT2D eigenvalue weighted by atomic mass is 16.5. The van der Waals surface area contributed by atoms with Crippen LogP contribution in [0.5, 0.6) is 5.75 Å². The second-order valence-electron chi connectivity index (χ2n) is 5.18. The molecule has 0 saturated carbocycles. The Kier molecular flexibility index (Phi) is 4.27. The molecule has 1 aliphatic rings. The summed E-state index contributed by atoms with van der Waals surface area (Å²) in [7, 11) is 0. The zero-order valence-electron chi connectivity index (χ0n) is 12.9. The molecular weight excluding hydrogens is 296 g/mol. The third-order valence-corrected chi connectivity index (χ3v) is 3.61. The second-order valence-corrected chi connectivity index (χ2v) is 5.18. The van der Waals surface area contributed by atoms with E-state index < -0.39 is 0 Å². The molecule has 23 heavy (non-hydrogen) atoms. The molecule has 1 N–H and O–H groups in total. The van der Waals surface area contributed by atoms with Crippen molar-refractivity contribution in [2.24, 2.45) is 0 Å². The van der Waals surface area contributed by atoms with Gasteiger partial charge < -0.3 is 15.0 Å². The van der Waals surface area contributed by atoms with Gasteiger partial charge in [-0.25, -0.2) is 0 Å². The first-order valence-electron chi connectivity index (χ1n) is 7.52. The van der Waals surface area contributed by atoms with Gasteiger partial charge in [-0.05, 0) is 19.1 Å². The highest BCUT2D eigenvalue weighted by Gasteiger charge is 2.25. The number of hydrogen-bond acceptors (Lipinski definition) is 4. The lowest BCUT2D eigenvalue weighted by Crippen LogP contribution is -2.40. The third kappa shape index (κ3) is 3.33. The number of carbonyl (C=O) groups excluding carboxylic acids is 2. The van der Waals surface area contributed by atoms with E-state index in [2.05, 4.69) is 10.4 Å². The van der Waals surface area contributed by atoms with Crippen molar-refractivity contribution < 1.29 is 14.3 Å². The van der Waals surface area contributed by atoms with Gasteiger partial charge in [0.2, 0.25) is 5.91 Å². The van der Waals surface area contributed by atoms with Crippen molar-refractivity contribution in [3.05, 3.63) is 36.7 Å². The van der Waals surface area contributed by atoms with Crippen molar-refractivity contribution in [3.8, 4) is 5.75 Å². The Balaban J connectivity index is 1.61. The molecule has 0 aliphatic carbocycles. The van der Waals surface area contributed by atoms with Crippen LogP contribution in [-0.2, 0) is 16.1 Å². The van der Waals surface area contributed by atoms with Gasteiger partial charge in [0.15, 0.2) is 6.61 Å². The molecule has 0 radical (unpaired) electrons. The summed E-state index contributed by atoms with van der Waals surface area (Å²) in [6, 6.07) is 7.32. The molecule has 0 atom stereocenters. The summed E-state index contributed by atoms with van der Waals surface area (Å²) in [5.74, 6) is 0.365. The number of carbonyl (C=O) groups is 2. The maximum Gasteiger partial charge on any atom is 0.265 e. The van der Waals surface area contributed by atoms with Crippen molar-refractivity contribution >= 4 is 23.2 Å². The lowest BCUT2D eigenvalue weighted by atomic mass is 10.2. The molecule has 7 nitrogen and oxygen atoms in total. The average Bonchev–Trinajstić information content (AvgIpc) is 3.01. The van der Waals surface area contributed by atoms with E-state index in [0.717, 1.165) is 6.54 Å². The summed E-state index contributed by atoms with van der Waals surface area (Å²) >= 11 is 0. The molecule has 0 fully saturated rings. The Bertz CT molecular complexity index is 726. The first kappa shape index (κ1) is 15.1. The Morgan fingerprint density at radius 1 is 1.39 bits per heavy atom. The van der Waals surface area contributed by atoms with Gasteiger partial charge in [-0.1, -0.05) is 12.1 Å². The number of para-hydroxylation sites is 2. The van der Waals surface area contributed by atoms with Crippen LogP contribution in [0.4, 0.5) is 11.4 Å². The van der Waals surface area contributed by atoms with E-state index in [9.17, 15) is 9.59 Å². The van der Waals surface area contributed by atoms with E-state index in [-0.39, 0.29) is 24.8 Å². The van der Waals surface area contributed by atoms with Gasteiger partial charge in [-0.15, -0.1) is 0 Å². The number of hydrogen-bond donors (Lipinski definition) is 1. The maximum atomic E-state index is 12.1. The normalized spacial score (nSPS) is 13.4. The van der Waals surface area contributed by atoms with E-state index in [1.54, 1.807) is 22.0 Å². The van der Waals surface area contributed by atoms with Crippen LogP contribution in [0.1, 0.15) is 13.3 Å². The molecule has 0 unspecified atom stereocenters. The van der Waals surface area contributed by atoms with Crippen LogP contribution in [0.15, 0.2) is 36.7 Å². The molecular formula is C16H18N4O3. The lowest BCUT2D eigenvalue weighted by molar-refractivity contribution is -0.121. The van der Waals surface area contributed by atoms with Gasteiger partial charge in [0.25, 0.3) is 5.91 Å². The summed E-state index contributed by atoms with van der Waals surface area (Å²) in [5, 5.41) is 6.88. The van der Waals surface area contributed by atoms with Gasteiger partial charge in [0.05, 0.1) is 17.6 Å². The summed E-state index contributed by atoms with van der Waals surface area (Å²) in [5.41, 5.74) is 1.36. The Morgan fingerprint density at radius 2 is 2.22 bits per heavy atom. The van der Waals surface area contributed by atoms with Crippen LogP contribution in [0.3, 0.4) is 0 Å². The monoisotopic (exact) mass is 314 g/mol. The van der Waals surface area contributed by atoms with Gasteiger partial charge in [0, 0.05) is 25.7 Å². The number of benzene rings is 1. The number of amides is 2. The Labute approximate surface area is 133 Å². The van der Waals surface area contributed by atoms with Crippen LogP contribution in [0, 0.1) is 0 Å². The van der Waals surface area contributed by atoms with E-state index in [1.807, 2.05) is 31.2 Å². The Morgan fingerprint density at radius 3 is 3.00 bits per heavy atom. The van der Waals surface area contributed by atoms with Crippen molar-refractivity contribution in [1.82, 2.24) is 9.78 Å². The predicted octanol–water partition coefficient (Wildman–Crippen LogP) is 1.66. The van der Waals surface area contributed by atoms with E-state index >= 15 is 0 Å². The van der Waals surface area contributed by atoms with Gasteiger partial charge in [-0.2, -0.15) is 5.10 Å². The average molecular weight is 314 g/mol. The number of ether oxygens (including phenoxy) is 1. The number of rotatable bonds is 5. The molecule has 2 amide bonds. The van der Waals surface area contributed by atoms with Crippen molar-refractivity contribution in [2.45, 2.75) is 19.9 Å². The summed E-state index contributed by atoms with van der Waals surface area (Å²) in [6.07, 6.45) is 3.58. The van der Waals surface area contributed by atoms with Crippen LogP contribution in [-0.4, -0.2) is 34.7 Å². The molecule has 0 spiro atoms. The van der Waals surface area contributed by atoms with Gasteiger partial charge in [-0.3, -0.25) is 14.3 Å². The largest absolute Gasteiger partial charge is 0.482 e. The zero-order chi connectivity index (χ0) is 16.2. The molecule has 3 rings (SSSR count). The van der Waals surface area contributed by atoms with Crippen LogP contribution >= 0.6 is 0 Å². The molecule has 1 aromatic carbocycles. The van der Waals surface area contributed by atoms with E-state index in [1.165, 1.54) is 0 Å². The fraction of sp³-hybridized carbons (Fsp3) is 0.312. The minimum Gasteiger partial charge on any atom is -0.482 e.